The molecule has 0 spiro atoms. The summed E-state index contributed by atoms with van der Waals surface area (Å²) in [5.41, 5.74) is 3.18. The van der Waals surface area contributed by atoms with E-state index in [0.29, 0.717) is 35.5 Å². The van der Waals surface area contributed by atoms with Gasteiger partial charge in [-0.2, -0.15) is 8.78 Å². The Morgan fingerprint density at radius 3 is 2.78 bits per heavy atom. The Bertz CT molecular complexity index is 922. The third kappa shape index (κ3) is 4.47. The van der Waals surface area contributed by atoms with Crippen molar-refractivity contribution in [3.8, 4) is 0 Å². The van der Waals surface area contributed by atoms with E-state index in [9.17, 15) is 13.6 Å². The molecule has 1 heterocycles. The molecule has 6 heteroatoms. The number of carbonyl (C=O) groups is 1. The van der Waals surface area contributed by atoms with Crippen LogP contribution in [0, 0.1) is 11.8 Å². The fourth-order valence-corrected chi connectivity index (χ4v) is 5.64. The zero-order valence-corrected chi connectivity index (χ0v) is 19.4. The molecule has 0 aromatic heterocycles. The number of rotatable bonds is 5. The molecule has 2 unspecified atom stereocenters. The van der Waals surface area contributed by atoms with Gasteiger partial charge in [0, 0.05) is 11.6 Å². The van der Waals surface area contributed by atoms with E-state index in [1.807, 2.05) is 24.3 Å². The summed E-state index contributed by atoms with van der Waals surface area (Å²) in [6.45, 7) is 6.00. The number of alkyl halides is 2. The van der Waals surface area contributed by atoms with Crippen molar-refractivity contribution < 1.29 is 18.4 Å². The van der Waals surface area contributed by atoms with Crippen molar-refractivity contribution >= 4 is 11.6 Å². The van der Waals surface area contributed by atoms with Gasteiger partial charge in [-0.15, -0.1) is 0 Å². The van der Waals surface area contributed by atoms with E-state index >= 15 is 0 Å². The Labute approximate surface area is 189 Å². The zero-order chi connectivity index (χ0) is 23.0. The normalized spacial score (nSPS) is 26.9. The van der Waals surface area contributed by atoms with Gasteiger partial charge in [-0.25, -0.2) is 0 Å². The van der Waals surface area contributed by atoms with Crippen molar-refractivity contribution in [2.24, 2.45) is 11.8 Å². The smallest absolute Gasteiger partial charge is 0.325 e. The Balaban J connectivity index is 1.61. The lowest BCUT2D eigenvalue weighted by atomic mass is 9.85. The number of hydrogen-bond donors (Lipinski definition) is 1. The molecule has 4 nitrogen and oxygen atoms in total. The van der Waals surface area contributed by atoms with E-state index in [0.717, 1.165) is 24.9 Å². The van der Waals surface area contributed by atoms with Crippen LogP contribution in [0.2, 0.25) is 0 Å². The molecule has 1 N–H and O–H groups in total. The first-order valence-corrected chi connectivity index (χ1v) is 11.7. The highest BCUT2D eigenvalue weighted by Gasteiger charge is 2.41. The van der Waals surface area contributed by atoms with Gasteiger partial charge in [0.2, 0.25) is 5.91 Å². The van der Waals surface area contributed by atoms with E-state index in [4.69, 9.17) is 4.84 Å². The molecule has 1 aliphatic heterocycles. The van der Waals surface area contributed by atoms with E-state index in [1.165, 1.54) is 11.1 Å². The summed E-state index contributed by atoms with van der Waals surface area (Å²) < 4.78 is 27.8. The van der Waals surface area contributed by atoms with Crippen molar-refractivity contribution in [1.29, 1.82) is 0 Å². The van der Waals surface area contributed by atoms with Gasteiger partial charge in [0.15, 0.2) is 0 Å². The van der Waals surface area contributed by atoms with Crippen LogP contribution in [-0.4, -0.2) is 23.6 Å². The first-order valence-electron chi connectivity index (χ1n) is 11.7. The van der Waals surface area contributed by atoms with Crippen molar-refractivity contribution in [2.45, 2.75) is 83.7 Å². The number of nitrogens with one attached hydrogen (secondary N) is 1. The molecular formula is C26H34F2N2O2. The minimum absolute atomic E-state index is 0.0191. The van der Waals surface area contributed by atoms with Gasteiger partial charge in [-0.1, -0.05) is 57.0 Å². The molecule has 2 aliphatic carbocycles. The van der Waals surface area contributed by atoms with Crippen LogP contribution < -0.4 is 5.32 Å². The van der Waals surface area contributed by atoms with E-state index in [2.05, 4.69) is 39.1 Å². The van der Waals surface area contributed by atoms with Crippen LogP contribution in [0.5, 0.6) is 0 Å². The maximum atomic E-state index is 13.9. The second-order valence-corrected chi connectivity index (χ2v) is 10.4. The standard InChI is InChI=1S/C26H34F2N2O2/c1-16(2)14-18-15-26(3,4)19-9-7-10-20(23(18)19)29-24(31)21-13-12-17-8-5-6-11-22(17)32-30(21)25(27)28/h5-7,9-11,16-18,21,25H,8,12-15H2,1-4H3,(H,29,31)/t17?,18-,21?/m1/s1. The fraction of sp³-hybridized carbons (Fsp3) is 0.577. The summed E-state index contributed by atoms with van der Waals surface area (Å²) in [7, 11) is 0. The maximum absolute atomic E-state index is 13.9. The average molecular weight is 445 g/mol. The second-order valence-electron chi connectivity index (χ2n) is 10.4. The molecule has 0 saturated carbocycles. The van der Waals surface area contributed by atoms with Crippen LogP contribution in [-0.2, 0) is 15.0 Å². The number of carbonyl (C=O) groups excluding carboxylic acids is 1. The number of benzene rings is 1. The van der Waals surface area contributed by atoms with Crippen molar-refractivity contribution in [2.75, 3.05) is 5.32 Å². The molecule has 174 valence electrons. The van der Waals surface area contributed by atoms with E-state index in [1.54, 1.807) is 6.08 Å². The molecule has 1 aromatic rings. The van der Waals surface area contributed by atoms with Gasteiger partial charge < -0.3 is 10.2 Å². The number of nitrogens with zero attached hydrogens (tertiary/aromatic N) is 1. The van der Waals surface area contributed by atoms with Gasteiger partial charge in [-0.3, -0.25) is 4.79 Å². The predicted molar refractivity (Wildman–Crippen MR) is 122 cm³/mol. The number of hydrogen-bond acceptors (Lipinski definition) is 3. The first kappa shape index (κ1) is 23.0. The van der Waals surface area contributed by atoms with Gasteiger partial charge in [0.25, 0.3) is 0 Å². The van der Waals surface area contributed by atoms with Gasteiger partial charge in [0.05, 0.1) is 0 Å². The molecule has 1 amide bonds. The number of allylic oxidation sites excluding steroid dienone is 4. The number of hydroxylamine groups is 2. The molecule has 1 aromatic carbocycles. The summed E-state index contributed by atoms with van der Waals surface area (Å²) in [4.78, 5) is 18.9. The minimum atomic E-state index is -2.88. The lowest BCUT2D eigenvalue weighted by Crippen LogP contribution is -2.45. The summed E-state index contributed by atoms with van der Waals surface area (Å²) in [6, 6.07) is 4.95. The van der Waals surface area contributed by atoms with Gasteiger partial charge in [-0.05, 0) is 72.6 Å². The highest BCUT2D eigenvalue weighted by molar-refractivity contribution is 5.96. The van der Waals surface area contributed by atoms with Crippen molar-refractivity contribution in [1.82, 2.24) is 5.06 Å². The first-order chi connectivity index (χ1) is 15.2. The van der Waals surface area contributed by atoms with Crippen LogP contribution in [0.4, 0.5) is 14.5 Å². The Morgan fingerprint density at radius 2 is 2.06 bits per heavy atom. The summed E-state index contributed by atoms with van der Waals surface area (Å²) >= 11 is 0. The molecule has 32 heavy (non-hydrogen) atoms. The summed E-state index contributed by atoms with van der Waals surface area (Å²) in [5, 5.41) is 3.60. The maximum Gasteiger partial charge on any atom is 0.325 e. The van der Waals surface area contributed by atoms with Crippen LogP contribution in [0.25, 0.3) is 0 Å². The fourth-order valence-electron chi connectivity index (χ4n) is 5.64. The molecule has 3 aliphatic rings. The lowest BCUT2D eigenvalue weighted by molar-refractivity contribution is -0.247. The largest absolute Gasteiger partial charge is 0.404 e. The molecular weight excluding hydrogens is 410 g/mol. The lowest BCUT2D eigenvalue weighted by Gasteiger charge is -2.28. The highest BCUT2D eigenvalue weighted by atomic mass is 19.3. The zero-order valence-electron chi connectivity index (χ0n) is 19.4. The number of amides is 1. The molecule has 4 rings (SSSR count). The van der Waals surface area contributed by atoms with E-state index < -0.39 is 18.5 Å². The van der Waals surface area contributed by atoms with Crippen LogP contribution >= 0.6 is 0 Å². The number of fused-ring (bicyclic) bond motifs is 2. The van der Waals surface area contributed by atoms with Crippen molar-refractivity contribution in [3.63, 3.8) is 0 Å². The van der Waals surface area contributed by atoms with E-state index in [-0.39, 0.29) is 11.3 Å². The van der Waals surface area contributed by atoms with Crippen LogP contribution in [0.15, 0.2) is 42.2 Å². The molecule has 3 atom stereocenters. The minimum Gasteiger partial charge on any atom is -0.404 e. The second kappa shape index (κ2) is 8.97. The Kier molecular flexibility index (Phi) is 6.44. The molecule has 0 radical (unpaired) electrons. The third-order valence-corrected chi connectivity index (χ3v) is 7.04. The Morgan fingerprint density at radius 1 is 1.28 bits per heavy atom. The molecule has 1 saturated heterocycles. The average Bonchev–Trinajstić information content (AvgIpc) is 2.87. The summed E-state index contributed by atoms with van der Waals surface area (Å²) in [5.74, 6) is 0.991. The third-order valence-electron chi connectivity index (χ3n) is 7.04. The van der Waals surface area contributed by atoms with Crippen molar-refractivity contribution in [3.05, 3.63) is 53.3 Å². The number of anilines is 1. The quantitative estimate of drug-likeness (QED) is 0.526. The topological polar surface area (TPSA) is 41.6 Å². The van der Waals surface area contributed by atoms with Crippen LogP contribution in [0.1, 0.15) is 76.8 Å². The Hall–Kier alpha value is -2.21. The van der Waals surface area contributed by atoms with Gasteiger partial charge >= 0.3 is 6.55 Å². The highest BCUT2D eigenvalue weighted by Crippen LogP contribution is 2.51. The predicted octanol–water partition coefficient (Wildman–Crippen LogP) is 6.51. The number of halogens is 2. The van der Waals surface area contributed by atoms with Crippen LogP contribution in [0.3, 0.4) is 0 Å². The summed E-state index contributed by atoms with van der Waals surface area (Å²) in [6.07, 6.45) is 9.30. The SMILES string of the molecule is CC(C)C[C@@H]1CC(C)(C)c2cccc(NC(=O)C3CCC4CC=CC=C4ON3C(F)F)c21. The van der Waals surface area contributed by atoms with Gasteiger partial charge in [0.1, 0.15) is 11.8 Å². The molecule has 0 bridgehead atoms. The molecule has 1 fully saturated rings. The monoisotopic (exact) mass is 444 g/mol.